The molecule has 162 valence electrons. The van der Waals surface area contributed by atoms with E-state index in [4.69, 9.17) is 16.2 Å². The SMILES string of the molecule is N=C(N)NCCCC(CNCCO)C(=O)CNC(=O)c1ccc(-c2ccccc2)[nH]1. The lowest BCUT2D eigenvalue weighted by atomic mass is 9.97. The standard InChI is InChI=1S/C21H30N6O3/c22-21(23)25-10-4-7-16(13-24-11-12-28)19(29)14-26-20(30)18-9-8-17(27-18)15-5-2-1-3-6-15/h1-3,5-6,8-9,16,24,27-28H,4,7,10-14H2,(H,26,30)(H4,22,23,25). The molecule has 0 aliphatic heterocycles. The summed E-state index contributed by atoms with van der Waals surface area (Å²) in [6.07, 6.45) is 1.23. The highest BCUT2D eigenvalue weighted by atomic mass is 16.3. The molecule has 0 saturated heterocycles. The second-order valence-corrected chi connectivity index (χ2v) is 6.91. The quantitative estimate of drug-likeness (QED) is 0.143. The molecule has 9 nitrogen and oxygen atoms in total. The molecule has 1 amide bonds. The van der Waals surface area contributed by atoms with E-state index in [2.05, 4.69) is 20.9 Å². The number of carbonyl (C=O) groups excluding carboxylic acids is 2. The van der Waals surface area contributed by atoms with Crippen molar-refractivity contribution in [2.75, 3.05) is 32.8 Å². The minimum Gasteiger partial charge on any atom is -0.395 e. The van der Waals surface area contributed by atoms with E-state index in [1.807, 2.05) is 36.4 Å². The van der Waals surface area contributed by atoms with Gasteiger partial charge in [-0.05, 0) is 30.5 Å². The number of aromatic nitrogens is 1. The van der Waals surface area contributed by atoms with Crippen LogP contribution in [0.2, 0.25) is 0 Å². The Morgan fingerprint density at radius 3 is 2.57 bits per heavy atom. The maximum atomic E-state index is 12.6. The van der Waals surface area contributed by atoms with Crippen molar-refractivity contribution in [2.24, 2.45) is 11.7 Å². The Morgan fingerprint density at radius 1 is 1.10 bits per heavy atom. The van der Waals surface area contributed by atoms with Crippen LogP contribution in [-0.4, -0.2) is 60.5 Å². The number of nitrogens with two attached hydrogens (primary N) is 1. The van der Waals surface area contributed by atoms with E-state index in [0.717, 1.165) is 11.3 Å². The molecule has 0 spiro atoms. The van der Waals surface area contributed by atoms with Crippen molar-refractivity contribution in [1.82, 2.24) is 20.9 Å². The van der Waals surface area contributed by atoms with Crippen molar-refractivity contribution in [1.29, 1.82) is 5.41 Å². The summed E-state index contributed by atoms with van der Waals surface area (Å²) < 4.78 is 0. The fourth-order valence-electron chi connectivity index (χ4n) is 3.02. The first kappa shape index (κ1) is 23.1. The maximum Gasteiger partial charge on any atom is 0.268 e. The Kier molecular flexibility index (Phi) is 9.56. The number of aromatic amines is 1. The second-order valence-electron chi connectivity index (χ2n) is 6.91. The van der Waals surface area contributed by atoms with Crippen molar-refractivity contribution < 1.29 is 14.7 Å². The lowest BCUT2D eigenvalue weighted by Gasteiger charge is -2.17. The number of Topliss-reactive ketones (excluding diaryl/α,β-unsaturated/α-hetero) is 1. The van der Waals surface area contributed by atoms with Crippen LogP contribution in [0.25, 0.3) is 11.3 Å². The summed E-state index contributed by atoms with van der Waals surface area (Å²) in [5.41, 5.74) is 7.45. The molecule has 0 aliphatic rings. The predicted molar refractivity (Wildman–Crippen MR) is 116 cm³/mol. The van der Waals surface area contributed by atoms with Gasteiger partial charge in [-0.15, -0.1) is 0 Å². The number of ketones is 1. The van der Waals surface area contributed by atoms with E-state index in [9.17, 15) is 9.59 Å². The number of aliphatic hydroxyl groups excluding tert-OH is 1. The van der Waals surface area contributed by atoms with Gasteiger partial charge in [0.2, 0.25) is 0 Å². The molecule has 9 heteroatoms. The summed E-state index contributed by atoms with van der Waals surface area (Å²) >= 11 is 0. The monoisotopic (exact) mass is 414 g/mol. The largest absolute Gasteiger partial charge is 0.395 e. The fraction of sp³-hybridized carbons (Fsp3) is 0.381. The van der Waals surface area contributed by atoms with Gasteiger partial charge in [0.05, 0.1) is 13.2 Å². The lowest BCUT2D eigenvalue weighted by molar-refractivity contribution is -0.122. The fourth-order valence-corrected chi connectivity index (χ4v) is 3.02. The summed E-state index contributed by atoms with van der Waals surface area (Å²) in [6.45, 7) is 1.21. The molecule has 2 aromatic rings. The zero-order valence-corrected chi connectivity index (χ0v) is 16.9. The van der Waals surface area contributed by atoms with Crippen LogP contribution in [0.3, 0.4) is 0 Å². The molecule has 1 unspecified atom stereocenters. The molecule has 1 aromatic heterocycles. The minimum absolute atomic E-state index is 0.0138. The van der Waals surface area contributed by atoms with Crippen molar-refractivity contribution in [3.63, 3.8) is 0 Å². The Hall–Kier alpha value is -3.17. The highest BCUT2D eigenvalue weighted by molar-refractivity contribution is 5.96. The first-order chi connectivity index (χ1) is 14.5. The van der Waals surface area contributed by atoms with Crippen LogP contribution >= 0.6 is 0 Å². The van der Waals surface area contributed by atoms with Gasteiger partial charge in [0, 0.05) is 31.2 Å². The number of H-pyrrole nitrogens is 1. The predicted octanol–water partition coefficient (Wildman–Crippen LogP) is 0.442. The topological polar surface area (TPSA) is 156 Å². The number of rotatable bonds is 13. The van der Waals surface area contributed by atoms with E-state index in [0.29, 0.717) is 38.2 Å². The van der Waals surface area contributed by atoms with E-state index in [-0.39, 0.29) is 36.7 Å². The first-order valence-electron chi connectivity index (χ1n) is 9.96. The zero-order valence-electron chi connectivity index (χ0n) is 16.9. The number of amides is 1. The number of benzene rings is 1. The maximum absolute atomic E-state index is 12.6. The zero-order chi connectivity index (χ0) is 21.8. The number of aliphatic hydroxyl groups is 1. The average Bonchev–Trinajstić information content (AvgIpc) is 3.24. The molecule has 1 atom stereocenters. The molecular formula is C21H30N6O3. The summed E-state index contributed by atoms with van der Waals surface area (Å²) in [4.78, 5) is 28.1. The lowest BCUT2D eigenvalue weighted by Crippen LogP contribution is -2.38. The molecule has 0 saturated carbocycles. The van der Waals surface area contributed by atoms with Gasteiger partial charge in [0.15, 0.2) is 11.7 Å². The molecule has 0 fully saturated rings. The highest BCUT2D eigenvalue weighted by Gasteiger charge is 2.19. The number of hydrogen-bond acceptors (Lipinski definition) is 5. The van der Waals surface area contributed by atoms with Crippen LogP contribution < -0.4 is 21.7 Å². The van der Waals surface area contributed by atoms with Gasteiger partial charge >= 0.3 is 0 Å². The van der Waals surface area contributed by atoms with Crippen LogP contribution in [0.15, 0.2) is 42.5 Å². The smallest absolute Gasteiger partial charge is 0.268 e. The van der Waals surface area contributed by atoms with Gasteiger partial charge in [-0.1, -0.05) is 30.3 Å². The Morgan fingerprint density at radius 2 is 1.87 bits per heavy atom. The summed E-state index contributed by atoms with van der Waals surface area (Å²) in [7, 11) is 0. The minimum atomic E-state index is -0.342. The van der Waals surface area contributed by atoms with Gasteiger partial charge in [0.25, 0.3) is 5.91 Å². The number of nitrogens with one attached hydrogen (secondary N) is 5. The Bertz CT molecular complexity index is 821. The summed E-state index contributed by atoms with van der Waals surface area (Å²) in [5.74, 6) is -0.851. The van der Waals surface area contributed by atoms with Crippen LogP contribution in [0.5, 0.6) is 0 Å². The van der Waals surface area contributed by atoms with E-state index >= 15 is 0 Å². The van der Waals surface area contributed by atoms with Crippen LogP contribution in [-0.2, 0) is 4.79 Å². The van der Waals surface area contributed by atoms with Crippen LogP contribution in [0.1, 0.15) is 23.3 Å². The average molecular weight is 415 g/mol. The molecule has 0 aliphatic carbocycles. The summed E-state index contributed by atoms with van der Waals surface area (Å²) in [5, 5.41) is 24.5. The molecule has 2 rings (SSSR count). The Balaban J connectivity index is 1.87. The van der Waals surface area contributed by atoms with Gasteiger partial charge in [-0.2, -0.15) is 0 Å². The van der Waals surface area contributed by atoms with E-state index in [1.54, 1.807) is 6.07 Å². The molecule has 1 aromatic carbocycles. The van der Waals surface area contributed by atoms with Gasteiger partial charge in [-0.25, -0.2) is 0 Å². The van der Waals surface area contributed by atoms with E-state index in [1.165, 1.54) is 0 Å². The number of carbonyl (C=O) groups is 2. The van der Waals surface area contributed by atoms with Gasteiger partial charge in [0.1, 0.15) is 5.69 Å². The van der Waals surface area contributed by atoms with Crippen molar-refractivity contribution in [3.8, 4) is 11.3 Å². The second kappa shape index (κ2) is 12.4. The van der Waals surface area contributed by atoms with Crippen molar-refractivity contribution in [3.05, 3.63) is 48.2 Å². The molecular weight excluding hydrogens is 384 g/mol. The van der Waals surface area contributed by atoms with E-state index < -0.39 is 0 Å². The molecule has 0 bridgehead atoms. The molecule has 30 heavy (non-hydrogen) atoms. The number of guanidine groups is 1. The number of hydrogen-bond donors (Lipinski definition) is 7. The van der Waals surface area contributed by atoms with Crippen LogP contribution in [0.4, 0.5) is 0 Å². The third kappa shape index (κ3) is 7.69. The molecule has 0 radical (unpaired) electrons. The van der Waals surface area contributed by atoms with Gasteiger partial charge < -0.3 is 31.8 Å². The van der Waals surface area contributed by atoms with Gasteiger partial charge in [-0.3, -0.25) is 15.0 Å². The Labute approximate surface area is 176 Å². The third-order valence-electron chi connectivity index (χ3n) is 4.62. The summed E-state index contributed by atoms with van der Waals surface area (Å²) in [6, 6.07) is 13.2. The normalized spacial score (nSPS) is 11.6. The van der Waals surface area contributed by atoms with Crippen molar-refractivity contribution in [2.45, 2.75) is 12.8 Å². The highest BCUT2D eigenvalue weighted by Crippen LogP contribution is 2.17. The molecule has 1 heterocycles. The third-order valence-corrected chi connectivity index (χ3v) is 4.62. The first-order valence-corrected chi connectivity index (χ1v) is 9.96. The van der Waals surface area contributed by atoms with Crippen molar-refractivity contribution >= 4 is 17.6 Å². The van der Waals surface area contributed by atoms with Crippen LogP contribution in [0, 0.1) is 11.3 Å². The molecule has 8 N–H and O–H groups in total.